The van der Waals surface area contributed by atoms with Crippen molar-refractivity contribution in [1.82, 2.24) is 15.8 Å². The highest BCUT2D eigenvalue weighted by atomic mass is 16.5. The molecule has 0 aliphatic rings. The predicted octanol–water partition coefficient (Wildman–Crippen LogP) is 3.83. The summed E-state index contributed by atoms with van der Waals surface area (Å²) in [6.45, 7) is 2.98. The van der Waals surface area contributed by atoms with Crippen LogP contribution < -0.4 is 10.6 Å². The minimum atomic E-state index is -0.161. The summed E-state index contributed by atoms with van der Waals surface area (Å²) in [6, 6.07) is 19.5. The molecule has 2 aromatic carbocycles. The van der Waals surface area contributed by atoms with Crippen LogP contribution >= 0.6 is 0 Å². The third-order valence-electron chi connectivity index (χ3n) is 3.61. The number of benzene rings is 2. The minimum absolute atomic E-state index is 0.161. The second-order valence-electron chi connectivity index (χ2n) is 5.35. The molecular formula is C19H19N3O2. The van der Waals surface area contributed by atoms with E-state index >= 15 is 0 Å². The van der Waals surface area contributed by atoms with Gasteiger partial charge in [-0.05, 0) is 12.5 Å². The average molecular weight is 321 g/mol. The monoisotopic (exact) mass is 321 g/mol. The van der Waals surface area contributed by atoms with E-state index in [-0.39, 0.29) is 6.03 Å². The summed E-state index contributed by atoms with van der Waals surface area (Å²) >= 11 is 0. The van der Waals surface area contributed by atoms with Crippen LogP contribution in [0.1, 0.15) is 12.5 Å². The van der Waals surface area contributed by atoms with Gasteiger partial charge in [-0.3, -0.25) is 0 Å². The Morgan fingerprint density at radius 3 is 2.46 bits per heavy atom. The van der Waals surface area contributed by atoms with Crippen molar-refractivity contribution in [2.75, 3.05) is 6.54 Å². The highest BCUT2D eigenvalue weighted by molar-refractivity contribution is 5.73. The largest absolute Gasteiger partial charge is 0.356 e. The quantitative estimate of drug-likeness (QED) is 0.750. The number of nitrogens with zero attached hydrogens (tertiary/aromatic N) is 1. The average Bonchev–Trinajstić information content (AvgIpc) is 3.12. The molecule has 0 fully saturated rings. The summed E-state index contributed by atoms with van der Waals surface area (Å²) in [6.07, 6.45) is 0. The zero-order valence-electron chi connectivity index (χ0n) is 13.5. The third-order valence-corrected chi connectivity index (χ3v) is 3.61. The van der Waals surface area contributed by atoms with E-state index in [1.807, 2.05) is 67.6 Å². The van der Waals surface area contributed by atoms with Gasteiger partial charge in [-0.1, -0.05) is 59.8 Å². The molecule has 1 heterocycles. The van der Waals surface area contributed by atoms with E-state index in [0.717, 1.165) is 28.1 Å². The van der Waals surface area contributed by atoms with Crippen molar-refractivity contribution in [3.05, 3.63) is 66.2 Å². The molecule has 0 aliphatic heterocycles. The van der Waals surface area contributed by atoms with Gasteiger partial charge in [-0.25, -0.2) is 4.79 Å². The maximum absolute atomic E-state index is 11.4. The SMILES string of the molecule is CCNC(=O)NCc1ccc(-c2cc(-c3ccccc3)on2)cc1. The molecule has 3 rings (SSSR count). The van der Waals surface area contributed by atoms with Crippen molar-refractivity contribution < 1.29 is 9.32 Å². The van der Waals surface area contributed by atoms with Crippen molar-refractivity contribution in [1.29, 1.82) is 0 Å². The fourth-order valence-corrected chi connectivity index (χ4v) is 2.35. The molecule has 0 spiro atoms. The first-order chi connectivity index (χ1) is 11.8. The Morgan fingerprint density at radius 2 is 1.75 bits per heavy atom. The van der Waals surface area contributed by atoms with E-state index in [4.69, 9.17) is 4.52 Å². The summed E-state index contributed by atoms with van der Waals surface area (Å²) in [5.41, 5.74) is 3.79. The fraction of sp³-hybridized carbons (Fsp3) is 0.158. The third kappa shape index (κ3) is 3.81. The Bertz CT molecular complexity index is 795. The van der Waals surface area contributed by atoms with Crippen molar-refractivity contribution in [3.8, 4) is 22.6 Å². The van der Waals surface area contributed by atoms with Gasteiger partial charge in [-0.15, -0.1) is 0 Å². The van der Waals surface area contributed by atoms with E-state index in [1.165, 1.54) is 0 Å². The van der Waals surface area contributed by atoms with Crippen molar-refractivity contribution in [3.63, 3.8) is 0 Å². The highest BCUT2D eigenvalue weighted by Crippen LogP contribution is 2.25. The number of carbonyl (C=O) groups excluding carboxylic acids is 1. The molecule has 5 nitrogen and oxygen atoms in total. The van der Waals surface area contributed by atoms with Gasteiger partial charge in [0, 0.05) is 30.3 Å². The van der Waals surface area contributed by atoms with Gasteiger partial charge < -0.3 is 15.2 Å². The first kappa shape index (κ1) is 15.8. The summed E-state index contributed by atoms with van der Waals surface area (Å²) in [4.78, 5) is 11.4. The van der Waals surface area contributed by atoms with Gasteiger partial charge in [-0.2, -0.15) is 0 Å². The number of nitrogens with one attached hydrogen (secondary N) is 2. The maximum Gasteiger partial charge on any atom is 0.315 e. The zero-order valence-corrected chi connectivity index (χ0v) is 13.5. The van der Waals surface area contributed by atoms with Crippen molar-refractivity contribution in [2.45, 2.75) is 13.5 Å². The van der Waals surface area contributed by atoms with Crippen LogP contribution in [0.5, 0.6) is 0 Å². The molecule has 0 atom stereocenters. The first-order valence-electron chi connectivity index (χ1n) is 7.89. The molecule has 0 aliphatic carbocycles. The summed E-state index contributed by atoms with van der Waals surface area (Å²) < 4.78 is 5.43. The molecular weight excluding hydrogens is 302 g/mol. The standard InChI is InChI=1S/C19H19N3O2/c1-2-20-19(23)21-13-14-8-10-15(11-9-14)17-12-18(24-22-17)16-6-4-3-5-7-16/h3-12H,2,13H2,1H3,(H2,20,21,23). The predicted molar refractivity (Wildman–Crippen MR) is 93.3 cm³/mol. The molecule has 122 valence electrons. The molecule has 0 saturated heterocycles. The summed E-state index contributed by atoms with van der Waals surface area (Å²) in [5.74, 6) is 0.743. The Hall–Kier alpha value is -3.08. The maximum atomic E-state index is 11.4. The molecule has 24 heavy (non-hydrogen) atoms. The molecule has 2 N–H and O–H groups in total. The molecule has 0 radical (unpaired) electrons. The molecule has 0 saturated carbocycles. The number of hydrogen-bond acceptors (Lipinski definition) is 3. The Labute approximate surface area is 140 Å². The molecule has 0 unspecified atom stereocenters. The molecule has 5 heteroatoms. The Morgan fingerprint density at radius 1 is 1.00 bits per heavy atom. The van der Waals surface area contributed by atoms with Crippen LogP contribution in [0.4, 0.5) is 4.79 Å². The Balaban J connectivity index is 1.68. The van der Waals surface area contributed by atoms with Crippen LogP contribution in [-0.4, -0.2) is 17.7 Å². The van der Waals surface area contributed by atoms with E-state index < -0.39 is 0 Å². The van der Waals surface area contributed by atoms with Crippen LogP contribution in [0, 0.1) is 0 Å². The normalized spacial score (nSPS) is 10.4. The van der Waals surface area contributed by atoms with Gasteiger partial charge >= 0.3 is 6.03 Å². The van der Waals surface area contributed by atoms with E-state index in [2.05, 4.69) is 15.8 Å². The van der Waals surface area contributed by atoms with Crippen LogP contribution in [0.3, 0.4) is 0 Å². The Kier molecular flexibility index (Phi) is 4.91. The lowest BCUT2D eigenvalue weighted by Crippen LogP contribution is -2.34. The lowest BCUT2D eigenvalue weighted by Gasteiger charge is -2.06. The van der Waals surface area contributed by atoms with Crippen LogP contribution in [0.25, 0.3) is 22.6 Å². The number of carbonyl (C=O) groups is 1. The second kappa shape index (κ2) is 7.46. The smallest absolute Gasteiger partial charge is 0.315 e. The van der Waals surface area contributed by atoms with Gasteiger partial charge in [0.25, 0.3) is 0 Å². The summed E-state index contributed by atoms with van der Waals surface area (Å²) in [7, 11) is 0. The van der Waals surface area contributed by atoms with E-state index in [1.54, 1.807) is 0 Å². The first-order valence-corrected chi connectivity index (χ1v) is 7.89. The van der Waals surface area contributed by atoms with Gasteiger partial charge in [0.1, 0.15) is 5.69 Å². The number of rotatable bonds is 5. The lowest BCUT2D eigenvalue weighted by molar-refractivity contribution is 0.241. The van der Waals surface area contributed by atoms with E-state index in [9.17, 15) is 4.79 Å². The van der Waals surface area contributed by atoms with Crippen molar-refractivity contribution >= 4 is 6.03 Å². The number of aromatic nitrogens is 1. The highest BCUT2D eigenvalue weighted by Gasteiger charge is 2.08. The zero-order chi connectivity index (χ0) is 16.8. The van der Waals surface area contributed by atoms with Gasteiger partial charge in [0.05, 0.1) is 0 Å². The van der Waals surface area contributed by atoms with Crippen LogP contribution in [0.15, 0.2) is 65.2 Å². The van der Waals surface area contributed by atoms with Crippen LogP contribution in [-0.2, 0) is 6.54 Å². The molecule has 2 amide bonds. The minimum Gasteiger partial charge on any atom is -0.356 e. The molecule has 0 bridgehead atoms. The molecule has 3 aromatic rings. The number of amides is 2. The van der Waals surface area contributed by atoms with Crippen LogP contribution in [0.2, 0.25) is 0 Å². The summed E-state index contributed by atoms with van der Waals surface area (Å²) in [5, 5.41) is 9.64. The lowest BCUT2D eigenvalue weighted by atomic mass is 10.1. The fourth-order valence-electron chi connectivity index (χ4n) is 2.35. The number of urea groups is 1. The number of hydrogen-bond donors (Lipinski definition) is 2. The van der Waals surface area contributed by atoms with E-state index in [0.29, 0.717) is 13.1 Å². The van der Waals surface area contributed by atoms with Gasteiger partial charge in [0.2, 0.25) is 0 Å². The van der Waals surface area contributed by atoms with Crippen molar-refractivity contribution in [2.24, 2.45) is 0 Å². The van der Waals surface area contributed by atoms with Gasteiger partial charge in [0.15, 0.2) is 5.76 Å². The topological polar surface area (TPSA) is 67.2 Å². The second-order valence-corrected chi connectivity index (χ2v) is 5.35. The molecule has 1 aromatic heterocycles.